The van der Waals surface area contributed by atoms with Gasteiger partial charge in [-0.05, 0) is 17.7 Å². The molecule has 0 aliphatic rings. The molecule has 0 amide bonds. The summed E-state index contributed by atoms with van der Waals surface area (Å²) in [7, 11) is 0. The topological polar surface area (TPSA) is 50.9 Å². The fourth-order valence-electron chi connectivity index (χ4n) is 1.91. The first-order valence-corrected chi connectivity index (χ1v) is 6.60. The normalized spacial score (nSPS) is 11.9. The maximum atomic E-state index is 12.5. The van der Waals surface area contributed by atoms with E-state index in [9.17, 15) is 13.2 Å². The van der Waals surface area contributed by atoms with E-state index in [1.54, 1.807) is 24.3 Å². The van der Waals surface area contributed by atoms with Gasteiger partial charge in [0, 0.05) is 11.4 Å². The molecule has 21 heavy (non-hydrogen) atoms. The summed E-state index contributed by atoms with van der Waals surface area (Å²) in [5.41, 5.74) is 0.808. The molecule has 0 atom stereocenters. The number of hydrogen-bond acceptors (Lipinski definition) is 3. The van der Waals surface area contributed by atoms with Gasteiger partial charge in [-0.25, -0.2) is 9.67 Å². The minimum Gasteiger partial charge on any atom is -0.394 e. The zero-order valence-corrected chi connectivity index (χ0v) is 11.7. The van der Waals surface area contributed by atoms with Crippen LogP contribution in [0.2, 0.25) is 5.02 Å². The molecule has 0 unspecified atom stereocenters. The Labute approximate surface area is 124 Å². The third-order valence-corrected chi connectivity index (χ3v) is 2.95. The number of aromatic nitrogens is 3. The molecule has 0 saturated carbocycles. The van der Waals surface area contributed by atoms with E-state index in [2.05, 4.69) is 10.1 Å². The second-order valence-corrected chi connectivity index (χ2v) is 4.93. The molecule has 4 nitrogen and oxygen atoms in total. The molecule has 1 N–H and O–H groups in total. The van der Waals surface area contributed by atoms with Crippen molar-refractivity contribution in [3.8, 4) is 0 Å². The molecular formula is C13H13ClF3N3O. The van der Waals surface area contributed by atoms with Crippen LogP contribution in [0.25, 0.3) is 0 Å². The first-order valence-electron chi connectivity index (χ1n) is 6.22. The van der Waals surface area contributed by atoms with Crippen LogP contribution in [0.3, 0.4) is 0 Å². The maximum Gasteiger partial charge on any atom is 0.396 e. The monoisotopic (exact) mass is 319 g/mol. The van der Waals surface area contributed by atoms with Crippen molar-refractivity contribution < 1.29 is 18.3 Å². The summed E-state index contributed by atoms with van der Waals surface area (Å²) in [6.07, 6.45) is -5.26. The zero-order chi connectivity index (χ0) is 15.5. The minimum absolute atomic E-state index is 0.0199. The average molecular weight is 320 g/mol. The number of alkyl halides is 3. The number of hydrogen-bond donors (Lipinski definition) is 1. The van der Waals surface area contributed by atoms with E-state index in [1.165, 1.54) is 0 Å². The molecule has 2 rings (SSSR count). The number of halogens is 4. The third-order valence-electron chi connectivity index (χ3n) is 2.71. The molecule has 0 bridgehead atoms. The highest BCUT2D eigenvalue weighted by molar-refractivity contribution is 6.30. The van der Waals surface area contributed by atoms with Gasteiger partial charge in [-0.2, -0.15) is 18.3 Å². The van der Waals surface area contributed by atoms with E-state index in [4.69, 9.17) is 16.7 Å². The van der Waals surface area contributed by atoms with E-state index in [1.807, 2.05) is 0 Å². The van der Waals surface area contributed by atoms with Gasteiger partial charge >= 0.3 is 6.18 Å². The summed E-state index contributed by atoms with van der Waals surface area (Å²) in [4.78, 5) is 3.92. The predicted octanol–water partition coefficient (Wildman–Crippen LogP) is 2.62. The van der Waals surface area contributed by atoms with Crippen LogP contribution in [0.5, 0.6) is 0 Å². The lowest BCUT2D eigenvalue weighted by molar-refractivity contribution is -0.129. The van der Waals surface area contributed by atoms with Crippen LogP contribution in [-0.2, 0) is 19.4 Å². The number of nitrogens with zero attached hydrogens (tertiary/aromatic N) is 3. The van der Waals surface area contributed by atoms with Crippen LogP contribution in [0.4, 0.5) is 13.2 Å². The third kappa shape index (κ3) is 4.71. The van der Waals surface area contributed by atoms with Crippen molar-refractivity contribution in [3.05, 3.63) is 46.5 Å². The molecule has 0 spiro atoms. The van der Waals surface area contributed by atoms with Crippen LogP contribution in [0, 0.1) is 0 Å². The van der Waals surface area contributed by atoms with Crippen molar-refractivity contribution in [2.75, 3.05) is 6.61 Å². The lowest BCUT2D eigenvalue weighted by atomic mass is 10.1. The van der Waals surface area contributed by atoms with Crippen molar-refractivity contribution in [2.24, 2.45) is 0 Å². The summed E-state index contributed by atoms with van der Waals surface area (Å²) >= 11 is 5.86. The molecule has 0 aliphatic heterocycles. The summed E-state index contributed by atoms with van der Waals surface area (Å²) < 4.78 is 38.6. The first-order chi connectivity index (χ1) is 9.87. The van der Waals surface area contributed by atoms with Gasteiger partial charge in [0.05, 0.1) is 13.2 Å². The van der Waals surface area contributed by atoms with Crippen LogP contribution >= 0.6 is 11.6 Å². The van der Waals surface area contributed by atoms with Gasteiger partial charge < -0.3 is 5.11 Å². The maximum absolute atomic E-state index is 12.5. The molecule has 0 fully saturated rings. The summed E-state index contributed by atoms with van der Waals surface area (Å²) in [5.74, 6) is 0.0681. The van der Waals surface area contributed by atoms with Gasteiger partial charge in [0.1, 0.15) is 12.2 Å². The molecule has 1 heterocycles. The van der Waals surface area contributed by atoms with Gasteiger partial charge in [-0.3, -0.25) is 0 Å². The second kappa shape index (κ2) is 6.44. The highest BCUT2D eigenvalue weighted by Gasteiger charge is 2.31. The lowest BCUT2D eigenvalue weighted by Crippen LogP contribution is -2.17. The van der Waals surface area contributed by atoms with Crippen molar-refractivity contribution in [1.29, 1.82) is 0 Å². The summed E-state index contributed by atoms with van der Waals surface area (Å²) in [6, 6.07) is 6.96. The molecule has 0 saturated heterocycles. The molecular weight excluding hydrogens is 307 g/mol. The van der Waals surface area contributed by atoms with E-state index in [0.717, 1.165) is 10.2 Å². The van der Waals surface area contributed by atoms with Gasteiger partial charge in [-0.1, -0.05) is 23.7 Å². The smallest absolute Gasteiger partial charge is 0.394 e. The number of benzene rings is 1. The molecule has 114 valence electrons. The van der Waals surface area contributed by atoms with E-state index in [0.29, 0.717) is 5.02 Å². The fraction of sp³-hybridized carbons (Fsp3) is 0.385. The zero-order valence-electron chi connectivity index (χ0n) is 10.9. The molecule has 2 aromatic rings. The van der Waals surface area contributed by atoms with Gasteiger partial charge in [0.15, 0.2) is 5.82 Å². The molecule has 1 aromatic heterocycles. The number of aliphatic hydroxyl groups excluding tert-OH is 1. The Morgan fingerprint density at radius 2 is 2.05 bits per heavy atom. The standard InChI is InChI=1S/C13H13ClF3N3O/c14-10-3-1-2-9(6-10)7-11-18-12(8-13(15,16)17)20(19-11)4-5-21/h1-3,6,21H,4-5,7-8H2. The first kappa shape index (κ1) is 15.8. The van der Waals surface area contributed by atoms with Crippen LogP contribution < -0.4 is 0 Å². The molecule has 8 heteroatoms. The van der Waals surface area contributed by atoms with E-state index >= 15 is 0 Å². The second-order valence-electron chi connectivity index (χ2n) is 4.49. The van der Waals surface area contributed by atoms with E-state index < -0.39 is 12.6 Å². The molecule has 1 aromatic carbocycles. The Morgan fingerprint density at radius 1 is 1.29 bits per heavy atom. The Hall–Kier alpha value is -1.60. The highest BCUT2D eigenvalue weighted by Crippen LogP contribution is 2.21. The fourth-order valence-corrected chi connectivity index (χ4v) is 2.13. The Bertz CT molecular complexity index is 613. The average Bonchev–Trinajstić information content (AvgIpc) is 2.69. The highest BCUT2D eigenvalue weighted by atomic mass is 35.5. The van der Waals surface area contributed by atoms with Crippen molar-refractivity contribution >= 4 is 11.6 Å². The van der Waals surface area contributed by atoms with E-state index in [-0.39, 0.29) is 31.2 Å². The van der Waals surface area contributed by atoms with Gasteiger partial charge in [0.2, 0.25) is 0 Å². The quantitative estimate of drug-likeness (QED) is 0.921. The Balaban J connectivity index is 2.22. The SMILES string of the molecule is OCCn1nc(Cc2cccc(Cl)c2)nc1CC(F)(F)F. The van der Waals surface area contributed by atoms with Crippen LogP contribution in [0.1, 0.15) is 17.2 Å². The number of rotatable bonds is 5. The van der Waals surface area contributed by atoms with Crippen LogP contribution in [0.15, 0.2) is 24.3 Å². The minimum atomic E-state index is -4.37. The van der Waals surface area contributed by atoms with Crippen molar-refractivity contribution in [1.82, 2.24) is 14.8 Å². The molecule has 0 radical (unpaired) electrons. The largest absolute Gasteiger partial charge is 0.396 e. The summed E-state index contributed by atoms with van der Waals surface area (Å²) in [6.45, 7) is -0.321. The predicted molar refractivity (Wildman–Crippen MR) is 71.1 cm³/mol. The van der Waals surface area contributed by atoms with Crippen LogP contribution in [-0.4, -0.2) is 32.7 Å². The van der Waals surface area contributed by atoms with Crippen molar-refractivity contribution in [3.63, 3.8) is 0 Å². The number of aliphatic hydroxyl groups is 1. The van der Waals surface area contributed by atoms with Gasteiger partial charge in [-0.15, -0.1) is 0 Å². The summed E-state index contributed by atoms with van der Waals surface area (Å²) in [5, 5.41) is 13.4. The lowest BCUT2D eigenvalue weighted by Gasteiger charge is -2.06. The van der Waals surface area contributed by atoms with Gasteiger partial charge in [0.25, 0.3) is 0 Å². The Morgan fingerprint density at radius 3 is 2.67 bits per heavy atom. The van der Waals surface area contributed by atoms with Crippen molar-refractivity contribution in [2.45, 2.75) is 25.6 Å². The Kier molecular flexibility index (Phi) is 4.84. The molecule has 0 aliphatic carbocycles.